The molecule has 5 heteroatoms. The van der Waals surface area contributed by atoms with Crippen molar-refractivity contribution in [3.8, 4) is 0 Å². The lowest BCUT2D eigenvalue weighted by Gasteiger charge is -2.08. The van der Waals surface area contributed by atoms with Crippen LogP contribution < -0.4 is 5.32 Å². The smallest absolute Gasteiger partial charge is 0.303 e. The molecule has 0 aromatic heterocycles. The highest BCUT2D eigenvalue weighted by Crippen LogP contribution is 2.39. The van der Waals surface area contributed by atoms with Crippen LogP contribution in [0.5, 0.6) is 0 Å². The van der Waals surface area contributed by atoms with E-state index in [0.29, 0.717) is 10.7 Å². The van der Waals surface area contributed by atoms with Gasteiger partial charge in [-0.05, 0) is 18.6 Å². The zero-order valence-electron chi connectivity index (χ0n) is 8.37. The minimum atomic E-state index is -0.909. The Morgan fingerprint density at radius 2 is 2.25 bits per heavy atom. The zero-order chi connectivity index (χ0) is 11.7. The van der Waals surface area contributed by atoms with Crippen LogP contribution in [0.25, 0.3) is 0 Å². The van der Waals surface area contributed by atoms with Crippen LogP contribution in [0, 0.1) is 0 Å². The van der Waals surface area contributed by atoms with Crippen molar-refractivity contribution in [2.75, 3.05) is 5.32 Å². The molecule has 1 aromatic carbocycles. The van der Waals surface area contributed by atoms with Crippen molar-refractivity contribution in [2.45, 2.75) is 18.8 Å². The second-order valence-corrected chi connectivity index (χ2v) is 4.08. The first kappa shape index (κ1) is 11.0. The molecule has 2 rings (SSSR count). The molecule has 0 saturated carbocycles. The first-order chi connectivity index (χ1) is 7.59. The second kappa shape index (κ2) is 4.14. The summed E-state index contributed by atoms with van der Waals surface area (Å²) in [4.78, 5) is 22.1. The molecule has 1 heterocycles. The van der Waals surface area contributed by atoms with Crippen LogP contribution in [0.15, 0.2) is 18.2 Å². The van der Waals surface area contributed by atoms with E-state index >= 15 is 0 Å². The van der Waals surface area contributed by atoms with Gasteiger partial charge in [-0.1, -0.05) is 17.7 Å². The van der Waals surface area contributed by atoms with Gasteiger partial charge in [-0.3, -0.25) is 9.59 Å². The Kier molecular flexibility index (Phi) is 2.83. The van der Waals surface area contributed by atoms with Gasteiger partial charge in [0.25, 0.3) is 0 Å². The van der Waals surface area contributed by atoms with Gasteiger partial charge in [0.15, 0.2) is 0 Å². The van der Waals surface area contributed by atoms with Crippen LogP contribution in [-0.2, 0) is 9.59 Å². The number of hydrogen-bond acceptors (Lipinski definition) is 2. The molecule has 0 radical (unpaired) electrons. The highest BCUT2D eigenvalue weighted by atomic mass is 35.5. The minimum Gasteiger partial charge on any atom is -0.481 e. The normalized spacial score (nSPS) is 18.1. The van der Waals surface area contributed by atoms with Crippen LogP contribution >= 0.6 is 11.6 Å². The van der Waals surface area contributed by atoms with Gasteiger partial charge in [-0.15, -0.1) is 0 Å². The van der Waals surface area contributed by atoms with E-state index in [2.05, 4.69) is 5.32 Å². The van der Waals surface area contributed by atoms with Gasteiger partial charge >= 0.3 is 5.97 Å². The topological polar surface area (TPSA) is 66.4 Å². The van der Waals surface area contributed by atoms with E-state index in [-0.39, 0.29) is 18.7 Å². The van der Waals surface area contributed by atoms with E-state index in [1.165, 1.54) is 0 Å². The van der Waals surface area contributed by atoms with Gasteiger partial charge in [0.1, 0.15) is 0 Å². The Balaban J connectivity index is 2.28. The molecular formula is C11H10ClNO3. The first-order valence-electron chi connectivity index (χ1n) is 4.90. The van der Waals surface area contributed by atoms with Crippen LogP contribution in [0.3, 0.4) is 0 Å². The standard InChI is InChI=1S/C11H10ClNO3/c12-7-2-1-3-8-10(7)6(11(16)13-8)4-5-9(14)15/h1-3,6H,4-5H2,(H,13,16)(H,14,15). The van der Waals surface area contributed by atoms with E-state index in [1.54, 1.807) is 18.2 Å². The number of amides is 1. The lowest BCUT2D eigenvalue weighted by molar-refractivity contribution is -0.137. The van der Waals surface area contributed by atoms with Crippen LogP contribution in [-0.4, -0.2) is 17.0 Å². The molecule has 1 aliphatic heterocycles. The molecule has 84 valence electrons. The average molecular weight is 240 g/mol. The molecule has 1 atom stereocenters. The van der Waals surface area contributed by atoms with Crippen LogP contribution in [0.2, 0.25) is 5.02 Å². The van der Waals surface area contributed by atoms with Gasteiger partial charge in [0.05, 0.1) is 5.92 Å². The minimum absolute atomic E-state index is 0.0389. The summed E-state index contributed by atoms with van der Waals surface area (Å²) in [6, 6.07) is 5.22. The molecule has 0 aliphatic carbocycles. The number of fused-ring (bicyclic) bond motifs is 1. The summed E-state index contributed by atoms with van der Waals surface area (Å²) in [7, 11) is 0. The Labute approximate surface area is 97.2 Å². The fraction of sp³-hybridized carbons (Fsp3) is 0.273. The number of carboxylic acids is 1. The van der Waals surface area contributed by atoms with Gasteiger partial charge in [-0.2, -0.15) is 0 Å². The average Bonchev–Trinajstić information content (AvgIpc) is 2.52. The summed E-state index contributed by atoms with van der Waals surface area (Å²) in [6.45, 7) is 0. The van der Waals surface area contributed by atoms with Crippen molar-refractivity contribution in [2.24, 2.45) is 0 Å². The molecule has 1 unspecified atom stereocenters. The van der Waals surface area contributed by atoms with E-state index in [1.807, 2.05) is 0 Å². The molecule has 0 bridgehead atoms. The molecule has 4 nitrogen and oxygen atoms in total. The molecule has 1 aromatic rings. The van der Waals surface area contributed by atoms with Gasteiger partial charge < -0.3 is 10.4 Å². The third kappa shape index (κ3) is 1.88. The van der Waals surface area contributed by atoms with Crippen molar-refractivity contribution in [3.05, 3.63) is 28.8 Å². The predicted molar refractivity (Wildman–Crippen MR) is 59.7 cm³/mol. The van der Waals surface area contributed by atoms with Crippen molar-refractivity contribution in [1.29, 1.82) is 0 Å². The number of carbonyl (C=O) groups excluding carboxylic acids is 1. The quantitative estimate of drug-likeness (QED) is 0.850. The second-order valence-electron chi connectivity index (χ2n) is 3.68. The SMILES string of the molecule is O=C(O)CCC1C(=O)Nc2cccc(Cl)c21. The lowest BCUT2D eigenvalue weighted by Crippen LogP contribution is -2.13. The van der Waals surface area contributed by atoms with Crippen molar-refractivity contribution in [1.82, 2.24) is 0 Å². The highest BCUT2D eigenvalue weighted by Gasteiger charge is 2.32. The molecule has 0 fully saturated rings. The van der Waals surface area contributed by atoms with Gasteiger partial charge in [-0.25, -0.2) is 0 Å². The molecule has 1 amide bonds. The highest BCUT2D eigenvalue weighted by molar-refractivity contribution is 6.32. The number of carboxylic acid groups (broad SMARTS) is 1. The number of carbonyl (C=O) groups is 2. The van der Waals surface area contributed by atoms with E-state index in [0.717, 1.165) is 5.56 Å². The molecule has 0 saturated heterocycles. The Hall–Kier alpha value is -1.55. The molecular weight excluding hydrogens is 230 g/mol. The largest absolute Gasteiger partial charge is 0.481 e. The van der Waals surface area contributed by atoms with Crippen LogP contribution in [0.1, 0.15) is 24.3 Å². The number of benzene rings is 1. The maximum atomic E-state index is 11.6. The number of rotatable bonds is 3. The molecule has 2 N–H and O–H groups in total. The fourth-order valence-corrected chi connectivity index (χ4v) is 2.20. The third-order valence-electron chi connectivity index (χ3n) is 2.62. The number of halogens is 1. The van der Waals surface area contributed by atoms with Crippen molar-refractivity contribution >= 4 is 29.2 Å². The van der Waals surface area contributed by atoms with Crippen LogP contribution in [0.4, 0.5) is 5.69 Å². The molecule has 16 heavy (non-hydrogen) atoms. The van der Waals surface area contributed by atoms with E-state index in [9.17, 15) is 9.59 Å². The maximum absolute atomic E-state index is 11.6. The summed E-state index contributed by atoms with van der Waals surface area (Å²) >= 11 is 6.01. The summed E-state index contributed by atoms with van der Waals surface area (Å²) in [5.74, 6) is -1.53. The number of nitrogens with one attached hydrogen (secondary N) is 1. The predicted octanol–water partition coefficient (Wildman–Crippen LogP) is 2.24. The lowest BCUT2D eigenvalue weighted by atomic mass is 9.96. The molecule has 1 aliphatic rings. The summed E-state index contributed by atoms with van der Waals surface area (Å²) in [5, 5.41) is 11.8. The summed E-state index contributed by atoms with van der Waals surface area (Å²) in [6.07, 6.45) is 0.237. The summed E-state index contributed by atoms with van der Waals surface area (Å²) in [5.41, 5.74) is 1.41. The fourth-order valence-electron chi connectivity index (χ4n) is 1.89. The number of aliphatic carboxylic acids is 1. The van der Waals surface area contributed by atoms with E-state index in [4.69, 9.17) is 16.7 Å². The van der Waals surface area contributed by atoms with Gasteiger partial charge in [0.2, 0.25) is 5.91 Å². The van der Waals surface area contributed by atoms with Gasteiger partial charge in [0, 0.05) is 22.7 Å². The monoisotopic (exact) mass is 239 g/mol. The maximum Gasteiger partial charge on any atom is 0.303 e. The number of anilines is 1. The van der Waals surface area contributed by atoms with Crippen molar-refractivity contribution < 1.29 is 14.7 Å². The Bertz CT molecular complexity index is 459. The third-order valence-corrected chi connectivity index (χ3v) is 2.95. The first-order valence-corrected chi connectivity index (χ1v) is 5.28. The molecule has 0 spiro atoms. The number of hydrogen-bond donors (Lipinski definition) is 2. The Morgan fingerprint density at radius 1 is 1.50 bits per heavy atom. The van der Waals surface area contributed by atoms with Crippen molar-refractivity contribution in [3.63, 3.8) is 0 Å². The summed E-state index contributed by atoms with van der Waals surface area (Å²) < 4.78 is 0. The zero-order valence-corrected chi connectivity index (χ0v) is 9.12. The van der Waals surface area contributed by atoms with E-state index < -0.39 is 11.9 Å². The Morgan fingerprint density at radius 3 is 2.94 bits per heavy atom.